The summed E-state index contributed by atoms with van der Waals surface area (Å²) in [7, 11) is 0. The first-order chi connectivity index (χ1) is 8.20. The van der Waals surface area contributed by atoms with E-state index >= 15 is 0 Å². The highest BCUT2D eigenvalue weighted by Gasteiger charge is 2.06. The Kier molecular flexibility index (Phi) is 9.31. The van der Waals surface area contributed by atoms with Crippen molar-refractivity contribution in [1.82, 2.24) is 0 Å². The number of rotatable bonds is 10. The molecule has 0 aliphatic rings. The maximum atomic E-state index is 11.0. The zero-order valence-electron chi connectivity index (χ0n) is 9.55. The molecular formula is C11H16O6. The van der Waals surface area contributed by atoms with E-state index in [0.29, 0.717) is 6.42 Å². The fourth-order valence-electron chi connectivity index (χ4n) is 0.817. The zero-order valence-corrected chi connectivity index (χ0v) is 9.55. The summed E-state index contributed by atoms with van der Waals surface area (Å²) in [6.45, 7) is 6.24. The molecular weight excluding hydrogens is 228 g/mol. The summed E-state index contributed by atoms with van der Waals surface area (Å²) in [4.78, 5) is 22.1. The maximum absolute atomic E-state index is 11.0. The van der Waals surface area contributed by atoms with Crippen LogP contribution in [0.5, 0.6) is 0 Å². The van der Waals surface area contributed by atoms with Crippen LogP contribution in [0.1, 0.15) is 19.3 Å². The number of hydrogen-bond donors (Lipinski definition) is 0. The molecule has 0 saturated heterocycles. The Morgan fingerprint density at radius 2 is 1.29 bits per heavy atom. The third-order valence-electron chi connectivity index (χ3n) is 1.57. The molecule has 0 N–H and O–H groups in total. The molecule has 96 valence electrons. The number of hydrogen-bond acceptors (Lipinski definition) is 6. The van der Waals surface area contributed by atoms with E-state index in [9.17, 15) is 9.59 Å². The molecule has 0 bridgehead atoms. The average molecular weight is 244 g/mol. The minimum atomic E-state index is -0.443. The van der Waals surface area contributed by atoms with Crippen molar-refractivity contribution in [3.05, 3.63) is 25.7 Å². The highest BCUT2D eigenvalue weighted by molar-refractivity contribution is 5.72. The Bertz CT molecular complexity index is 235. The van der Waals surface area contributed by atoms with Gasteiger partial charge in [0.05, 0.1) is 12.5 Å². The molecule has 0 rings (SSSR count). The molecule has 0 aromatic carbocycles. The summed E-state index contributed by atoms with van der Waals surface area (Å²) in [5, 5.41) is 0. The van der Waals surface area contributed by atoms with Gasteiger partial charge >= 0.3 is 11.9 Å². The molecule has 0 amide bonds. The van der Waals surface area contributed by atoms with Crippen LogP contribution in [-0.2, 0) is 28.5 Å². The van der Waals surface area contributed by atoms with Gasteiger partial charge in [-0.05, 0) is 6.42 Å². The van der Waals surface area contributed by atoms with Crippen LogP contribution in [0.15, 0.2) is 25.7 Å². The highest BCUT2D eigenvalue weighted by atomic mass is 16.7. The summed E-state index contributed by atoms with van der Waals surface area (Å²) in [6.07, 6.45) is 2.93. The van der Waals surface area contributed by atoms with E-state index in [1.807, 2.05) is 0 Å². The summed E-state index contributed by atoms with van der Waals surface area (Å²) in [5.41, 5.74) is 0. The molecule has 0 radical (unpaired) electrons. The van der Waals surface area contributed by atoms with Crippen molar-refractivity contribution in [1.29, 1.82) is 0 Å². The quantitative estimate of drug-likeness (QED) is 0.251. The molecule has 6 heteroatoms. The summed E-state index contributed by atoms with van der Waals surface area (Å²) in [5.74, 6) is -0.885. The van der Waals surface area contributed by atoms with Crippen LogP contribution in [0.2, 0.25) is 0 Å². The van der Waals surface area contributed by atoms with E-state index in [0.717, 1.165) is 0 Å². The first kappa shape index (κ1) is 15.0. The largest absolute Gasteiger partial charge is 0.466 e. The lowest BCUT2D eigenvalue weighted by atomic mass is 10.2. The topological polar surface area (TPSA) is 71.1 Å². The first-order valence-electron chi connectivity index (χ1n) is 4.97. The lowest BCUT2D eigenvalue weighted by molar-refractivity contribution is -0.154. The fraction of sp³-hybridized carbons (Fsp3) is 0.455. The number of carbonyl (C=O) groups is 2. The van der Waals surface area contributed by atoms with Crippen molar-refractivity contribution in [3.63, 3.8) is 0 Å². The van der Waals surface area contributed by atoms with Crippen molar-refractivity contribution < 1.29 is 28.5 Å². The monoisotopic (exact) mass is 244 g/mol. The predicted molar refractivity (Wildman–Crippen MR) is 58.3 cm³/mol. The van der Waals surface area contributed by atoms with E-state index in [4.69, 9.17) is 0 Å². The molecule has 6 nitrogen and oxygen atoms in total. The van der Waals surface area contributed by atoms with Crippen molar-refractivity contribution in [2.75, 3.05) is 13.6 Å². The number of ether oxygens (including phenoxy) is 4. The second-order valence-corrected chi connectivity index (χ2v) is 2.79. The third-order valence-corrected chi connectivity index (χ3v) is 1.57. The Labute approximate surface area is 99.8 Å². The number of carbonyl (C=O) groups excluding carboxylic acids is 2. The minimum absolute atomic E-state index is 0.123. The van der Waals surface area contributed by atoms with Crippen LogP contribution in [0.25, 0.3) is 0 Å². The Morgan fingerprint density at radius 3 is 1.65 bits per heavy atom. The van der Waals surface area contributed by atoms with E-state index in [1.54, 1.807) is 0 Å². The molecule has 0 heterocycles. The fourth-order valence-corrected chi connectivity index (χ4v) is 0.817. The van der Waals surface area contributed by atoms with E-state index in [-0.39, 0.29) is 26.4 Å². The second kappa shape index (κ2) is 10.5. The number of esters is 2. The normalized spacial score (nSPS) is 8.94. The van der Waals surface area contributed by atoms with Crippen LogP contribution in [0, 0.1) is 0 Å². The molecule has 0 aromatic rings. The van der Waals surface area contributed by atoms with Gasteiger partial charge in [0, 0.05) is 12.8 Å². The molecule has 0 fully saturated rings. The minimum Gasteiger partial charge on any atom is -0.466 e. The van der Waals surface area contributed by atoms with E-state index in [1.165, 1.54) is 12.5 Å². The summed E-state index contributed by atoms with van der Waals surface area (Å²) < 4.78 is 18.5. The molecule has 0 aliphatic carbocycles. The molecule has 17 heavy (non-hydrogen) atoms. The predicted octanol–water partition coefficient (Wildman–Crippen LogP) is 1.48. The van der Waals surface area contributed by atoms with Gasteiger partial charge in [-0.15, -0.1) is 0 Å². The Hall–Kier alpha value is -1.98. The molecule has 0 unspecified atom stereocenters. The maximum Gasteiger partial charge on any atom is 0.308 e. The second-order valence-electron chi connectivity index (χ2n) is 2.79. The highest BCUT2D eigenvalue weighted by Crippen LogP contribution is 2.00. The zero-order chi connectivity index (χ0) is 12.9. The van der Waals surface area contributed by atoms with Crippen molar-refractivity contribution in [2.45, 2.75) is 19.3 Å². The Morgan fingerprint density at radius 1 is 0.882 bits per heavy atom. The molecule has 0 saturated carbocycles. The van der Waals surface area contributed by atoms with E-state index in [2.05, 4.69) is 32.1 Å². The first-order valence-corrected chi connectivity index (χ1v) is 4.97. The smallest absolute Gasteiger partial charge is 0.308 e. The Balaban J connectivity index is 3.41. The van der Waals surface area contributed by atoms with Gasteiger partial charge in [0.2, 0.25) is 13.6 Å². The standard InChI is InChI=1S/C11H16O6/c1-3-14-8-16-10(12)6-5-7-11(13)17-9-15-4-2/h3-4H,1-2,5-9H2. The molecule has 0 aliphatic heterocycles. The van der Waals surface area contributed by atoms with Crippen molar-refractivity contribution in [3.8, 4) is 0 Å². The molecule has 0 spiro atoms. The van der Waals surface area contributed by atoms with Gasteiger partial charge in [-0.25, -0.2) is 0 Å². The van der Waals surface area contributed by atoms with Gasteiger partial charge in [0.1, 0.15) is 0 Å². The lowest BCUT2D eigenvalue weighted by Gasteiger charge is -2.04. The lowest BCUT2D eigenvalue weighted by Crippen LogP contribution is -2.10. The van der Waals surface area contributed by atoms with Crippen molar-refractivity contribution >= 4 is 11.9 Å². The average Bonchev–Trinajstić information content (AvgIpc) is 2.30. The summed E-state index contributed by atoms with van der Waals surface area (Å²) >= 11 is 0. The van der Waals surface area contributed by atoms with Crippen LogP contribution in [0.4, 0.5) is 0 Å². The van der Waals surface area contributed by atoms with Gasteiger partial charge < -0.3 is 18.9 Å². The van der Waals surface area contributed by atoms with Gasteiger partial charge in [-0.3, -0.25) is 9.59 Å². The van der Waals surface area contributed by atoms with Crippen LogP contribution in [0.3, 0.4) is 0 Å². The van der Waals surface area contributed by atoms with Gasteiger partial charge in [0.25, 0.3) is 0 Å². The van der Waals surface area contributed by atoms with Crippen LogP contribution >= 0.6 is 0 Å². The van der Waals surface area contributed by atoms with Gasteiger partial charge in [0.15, 0.2) is 0 Å². The molecule has 0 atom stereocenters. The van der Waals surface area contributed by atoms with Gasteiger partial charge in [-0.2, -0.15) is 0 Å². The third kappa shape index (κ3) is 10.3. The van der Waals surface area contributed by atoms with Gasteiger partial charge in [-0.1, -0.05) is 13.2 Å². The van der Waals surface area contributed by atoms with Crippen LogP contribution < -0.4 is 0 Å². The summed E-state index contributed by atoms with van der Waals surface area (Å²) in [6, 6.07) is 0. The van der Waals surface area contributed by atoms with E-state index < -0.39 is 11.9 Å². The molecule has 0 aromatic heterocycles. The SMILES string of the molecule is C=COCOC(=O)CCCC(=O)OCOC=C. The van der Waals surface area contributed by atoms with Crippen molar-refractivity contribution in [2.24, 2.45) is 0 Å². The van der Waals surface area contributed by atoms with Crippen LogP contribution in [-0.4, -0.2) is 25.5 Å².